The molecular formula is C50H63N3OSi+2. The lowest BCUT2D eigenvalue weighted by Gasteiger charge is -2.34. The Bertz CT molecular complexity index is 2320. The van der Waals surface area contributed by atoms with Crippen molar-refractivity contribution in [2.45, 2.75) is 130 Å². The minimum absolute atomic E-state index is 0.202. The maximum Gasteiger partial charge on any atom is 0.227 e. The van der Waals surface area contributed by atoms with Gasteiger partial charge in [0.05, 0.1) is 20.1 Å². The van der Waals surface area contributed by atoms with Crippen LogP contribution in [0.1, 0.15) is 114 Å². The summed E-state index contributed by atoms with van der Waals surface area (Å²) in [5.74, 6) is 1.88. The molecule has 5 heteroatoms. The molecule has 0 saturated heterocycles. The topological polar surface area (TPSA) is 32.9 Å². The van der Waals surface area contributed by atoms with Crippen LogP contribution in [-0.2, 0) is 12.8 Å². The maximum absolute atomic E-state index is 6.74. The lowest BCUT2D eigenvalue weighted by molar-refractivity contribution is -0.720. The first kappa shape index (κ1) is 37.8. The molecule has 2 aromatic carbocycles. The van der Waals surface area contributed by atoms with Gasteiger partial charge in [0.25, 0.3) is 0 Å². The van der Waals surface area contributed by atoms with Crippen LogP contribution in [0.5, 0.6) is 0 Å². The molecule has 0 amide bonds. The molecule has 1 aliphatic carbocycles. The summed E-state index contributed by atoms with van der Waals surface area (Å²) in [7, 11) is -1.70. The summed E-state index contributed by atoms with van der Waals surface area (Å²) < 4.78 is 12.1. The second-order valence-corrected chi connectivity index (χ2v) is 24.7. The van der Waals surface area contributed by atoms with Gasteiger partial charge >= 0.3 is 0 Å². The quantitative estimate of drug-likeness (QED) is 0.128. The van der Waals surface area contributed by atoms with Gasteiger partial charge in [-0.1, -0.05) is 97.1 Å². The van der Waals surface area contributed by atoms with Crippen molar-refractivity contribution in [2.24, 2.45) is 17.3 Å². The van der Waals surface area contributed by atoms with E-state index in [4.69, 9.17) is 11.0 Å². The first-order chi connectivity index (χ1) is 26.2. The molecule has 3 aromatic heterocycles. The summed E-state index contributed by atoms with van der Waals surface area (Å²) in [4.78, 5) is 4.66. The van der Waals surface area contributed by atoms with E-state index in [1.54, 1.807) is 5.19 Å². The van der Waals surface area contributed by atoms with Crippen molar-refractivity contribution in [1.82, 2.24) is 4.98 Å². The Labute approximate surface area is 331 Å². The monoisotopic (exact) mass is 749 g/mol. The van der Waals surface area contributed by atoms with Gasteiger partial charge < -0.3 is 4.42 Å². The highest BCUT2D eigenvalue weighted by atomic mass is 28.3. The molecule has 5 aromatic rings. The number of allylic oxidation sites excluding steroid dienone is 2. The highest BCUT2D eigenvalue weighted by Gasteiger charge is 2.45. The Balaban J connectivity index is 1.35. The highest BCUT2D eigenvalue weighted by molar-refractivity contribution is 6.89. The van der Waals surface area contributed by atoms with Crippen molar-refractivity contribution in [3.63, 3.8) is 0 Å². The molecule has 3 aliphatic rings. The Morgan fingerprint density at radius 2 is 1.75 bits per heavy atom. The summed E-state index contributed by atoms with van der Waals surface area (Å²) in [6, 6.07) is 21.2. The van der Waals surface area contributed by atoms with Crippen molar-refractivity contribution in [3.8, 4) is 11.3 Å². The zero-order valence-electron chi connectivity index (χ0n) is 34.8. The number of fused-ring (bicyclic) bond motifs is 11. The van der Waals surface area contributed by atoms with E-state index in [9.17, 15) is 0 Å². The van der Waals surface area contributed by atoms with Crippen LogP contribution in [0.3, 0.4) is 0 Å². The Morgan fingerprint density at radius 1 is 0.982 bits per heavy atom. The molecule has 0 radical (unpaired) electrons. The summed E-state index contributed by atoms with van der Waals surface area (Å²) in [6.45, 7) is 29.2. The highest BCUT2D eigenvalue weighted by Crippen LogP contribution is 2.45. The minimum atomic E-state index is -1.70. The van der Waals surface area contributed by atoms with Crippen molar-refractivity contribution >= 4 is 41.0 Å². The van der Waals surface area contributed by atoms with E-state index in [-0.39, 0.29) is 17.5 Å². The van der Waals surface area contributed by atoms with Gasteiger partial charge in [0.15, 0.2) is 29.6 Å². The van der Waals surface area contributed by atoms with Crippen molar-refractivity contribution in [1.29, 1.82) is 0 Å². The van der Waals surface area contributed by atoms with E-state index in [1.807, 2.05) is 12.3 Å². The molecule has 2 aliphatic heterocycles. The molecule has 8 rings (SSSR count). The van der Waals surface area contributed by atoms with E-state index < -0.39 is 8.07 Å². The fraction of sp³-hybridized carbons (Fsp3) is 0.460. The van der Waals surface area contributed by atoms with Gasteiger partial charge in [0.2, 0.25) is 17.1 Å². The number of rotatable bonds is 6. The number of aryl methyl sites for hydroxylation is 1. The van der Waals surface area contributed by atoms with Crippen molar-refractivity contribution in [3.05, 3.63) is 114 Å². The molecule has 3 atom stereocenters. The number of furan rings is 1. The normalized spacial score (nSPS) is 22.5. The smallest absolute Gasteiger partial charge is 0.227 e. The number of benzene rings is 2. The summed E-state index contributed by atoms with van der Waals surface area (Å²) >= 11 is 0. The summed E-state index contributed by atoms with van der Waals surface area (Å²) in [5, 5.41) is 3.77. The first-order valence-electron chi connectivity index (χ1n) is 21.2. The number of aromatic nitrogens is 2. The van der Waals surface area contributed by atoms with Gasteiger partial charge in [-0.2, -0.15) is 9.14 Å². The van der Waals surface area contributed by atoms with Gasteiger partial charge in [-0.3, -0.25) is 0 Å². The Hall–Kier alpha value is -4.09. The summed E-state index contributed by atoms with van der Waals surface area (Å²) in [6.07, 6.45) is 16.9. The van der Waals surface area contributed by atoms with E-state index in [1.165, 1.54) is 64.9 Å². The predicted molar refractivity (Wildman–Crippen MR) is 233 cm³/mol. The van der Waals surface area contributed by atoms with Gasteiger partial charge in [-0.25, -0.2) is 4.98 Å². The molecule has 5 heterocycles. The largest absolute Gasteiger partial charge is 0.437 e. The first-order valence-corrected chi connectivity index (χ1v) is 24.7. The Morgan fingerprint density at radius 3 is 2.47 bits per heavy atom. The lowest BCUT2D eigenvalue weighted by Crippen LogP contribution is -2.54. The van der Waals surface area contributed by atoms with Crippen LogP contribution in [0.25, 0.3) is 33.3 Å². The molecule has 0 N–H and O–H groups in total. The van der Waals surface area contributed by atoms with Crippen LogP contribution in [0.2, 0.25) is 19.6 Å². The number of pyridine rings is 2. The fourth-order valence-corrected chi connectivity index (χ4v) is 12.2. The van der Waals surface area contributed by atoms with Crippen LogP contribution in [0.4, 0.5) is 0 Å². The number of nitrogens with zero attached hydrogens (tertiary/aromatic N) is 3. The fourth-order valence-electron chi connectivity index (χ4n) is 10.6. The van der Waals surface area contributed by atoms with Gasteiger partial charge in [-0.15, -0.1) is 0 Å². The van der Waals surface area contributed by atoms with Crippen LogP contribution in [0.15, 0.2) is 96.3 Å². The molecule has 4 nitrogen and oxygen atoms in total. The second-order valence-electron chi connectivity index (χ2n) is 19.7. The molecule has 1 saturated carbocycles. The van der Waals surface area contributed by atoms with Crippen molar-refractivity contribution < 1.29 is 13.6 Å². The zero-order valence-corrected chi connectivity index (χ0v) is 35.8. The predicted octanol–water partition coefficient (Wildman–Crippen LogP) is 11.9. The average Bonchev–Trinajstić information content (AvgIpc) is 3.52. The SMILES string of the molecule is C=CC1=[N+](C(C)CC2CCC(C)CC2)C(=C)CC2C(CCc3ccc4c(oc5ncccc54)c31)c1ccccc1-c1cc(CC(C)(C)C)c([Si](C)(C)C)c[n+]12. The number of hydrogen-bond donors (Lipinski definition) is 0. The second kappa shape index (κ2) is 14.4. The molecule has 3 unspecified atom stereocenters. The molecule has 0 bridgehead atoms. The van der Waals surface area contributed by atoms with Crippen LogP contribution < -0.4 is 9.75 Å². The van der Waals surface area contributed by atoms with Crippen LogP contribution in [-0.4, -0.2) is 29.4 Å². The molecule has 1 fully saturated rings. The van der Waals surface area contributed by atoms with E-state index >= 15 is 0 Å². The Kier molecular flexibility index (Phi) is 9.93. The van der Waals surface area contributed by atoms with E-state index in [0.29, 0.717) is 11.6 Å². The third-order valence-corrected chi connectivity index (χ3v) is 15.2. The van der Waals surface area contributed by atoms with Gasteiger partial charge in [-0.05, 0) is 97.7 Å². The average molecular weight is 750 g/mol. The van der Waals surface area contributed by atoms with Crippen LogP contribution in [0, 0.1) is 17.3 Å². The minimum Gasteiger partial charge on any atom is -0.437 e. The lowest BCUT2D eigenvalue weighted by atomic mass is 9.76. The van der Waals surface area contributed by atoms with E-state index in [2.05, 4.69) is 136 Å². The molecule has 286 valence electrons. The molecule has 0 spiro atoms. The third-order valence-electron chi connectivity index (χ3n) is 13.2. The summed E-state index contributed by atoms with van der Waals surface area (Å²) in [5.41, 5.74) is 12.4. The third kappa shape index (κ3) is 7.11. The standard InChI is InChI=1S/C50H63N3OSi/c1-11-43-47-36(23-25-41-42-17-14-26-51-49(42)54-48(41)47)22-24-40-38-15-12-13-16-39(38)45-29-37(30-50(5,6)7)46(55(8,9)10)31-52(45)44(40)28-34(4)53(43)33(3)27-35-20-18-32(2)19-21-35/h11-17,23,25-26,29,31-33,35,40,44H,1,4,18-22,24,27-28,30H2,2-3,5-10H3/q+2. The maximum atomic E-state index is 6.74. The molecular weight excluding hydrogens is 687 g/mol. The van der Waals surface area contributed by atoms with Crippen molar-refractivity contribution in [2.75, 3.05) is 0 Å². The van der Waals surface area contributed by atoms with E-state index in [0.717, 1.165) is 66.0 Å². The van der Waals surface area contributed by atoms with Gasteiger partial charge in [0, 0.05) is 52.2 Å². The van der Waals surface area contributed by atoms with Gasteiger partial charge in [0.1, 0.15) is 0 Å². The molecule has 55 heavy (non-hydrogen) atoms. The number of hydrogen-bond acceptors (Lipinski definition) is 2. The zero-order chi connectivity index (χ0) is 38.8. The van der Waals surface area contributed by atoms with Crippen LogP contribution >= 0.6 is 0 Å².